The van der Waals surface area contributed by atoms with Crippen molar-refractivity contribution in [3.63, 3.8) is 0 Å². The maximum Gasteiger partial charge on any atom is 0.123 e. The zero-order valence-electron chi connectivity index (χ0n) is 8.58. The Morgan fingerprint density at radius 3 is 2.62 bits per heavy atom. The van der Waals surface area contributed by atoms with Crippen LogP contribution in [0, 0.1) is 0 Å². The minimum absolute atomic E-state index is 0.0464. The molecule has 0 radical (unpaired) electrons. The van der Waals surface area contributed by atoms with Gasteiger partial charge >= 0.3 is 0 Å². The largest absolute Gasteiger partial charge is 0.323 e. The van der Waals surface area contributed by atoms with Crippen LogP contribution in [0.25, 0.3) is 10.6 Å². The van der Waals surface area contributed by atoms with Gasteiger partial charge in [0.2, 0.25) is 0 Å². The van der Waals surface area contributed by atoms with E-state index in [1.54, 1.807) is 11.3 Å². The molecule has 0 bridgehead atoms. The maximum atomic E-state index is 5.81. The molecule has 0 saturated carbocycles. The molecule has 2 N–H and O–H groups in total. The Kier molecular flexibility index (Phi) is 3.79. The lowest BCUT2D eigenvalue weighted by molar-refractivity contribution is 0.835. The molecule has 0 spiro atoms. The summed E-state index contributed by atoms with van der Waals surface area (Å²) in [4.78, 5) is 5.49. The zero-order valence-corrected chi connectivity index (χ0v) is 12.6. The van der Waals surface area contributed by atoms with Gasteiger partial charge in [0, 0.05) is 31.6 Å². The van der Waals surface area contributed by atoms with E-state index in [-0.39, 0.29) is 6.04 Å². The normalized spacial score (nSPS) is 12.8. The van der Waals surface area contributed by atoms with Gasteiger partial charge in [-0.15, -0.1) is 11.3 Å². The summed E-state index contributed by atoms with van der Waals surface area (Å²) in [6.07, 6.45) is 1.85. The van der Waals surface area contributed by atoms with E-state index in [1.165, 1.54) is 0 Å². The van der Waals surface area contributed by atoms with Crippen molar-refractivity contribution in [2.75, 3.05) is 0 Å². The number of rotatable bonds is 2. The van der Waals surface area contributed by atoms with Gasteiger partial charge < -0.3 is 5.73 Å². The van der Waals surface area contributed by atoms with Crippen molar-refractivity contribution < 1.29 is 0 Å². The zero-order chi connectivity index (χ0) is 11.7. The first-order valence-corrected chi connectivity index (χ1v) is 7.15. The monoisotopic (exact) mass is 360 g/mol. The van der Waals surface area contributed by atoms with Gasteiger partial charge in [-0.05, 0) is 50.9 Å². The van der Waals surface area contributed by atoms with E-state index < -0.39 is 0 Å². The van der Waals surface area contributed by atoms with Crippen molar-refractivity contribution in [2.45, 2.75) is 13.0 Å². The molecular weight excluding hydrogens is 352 g/mol. The predicted molar refractivity (Wildman–Crippen MR) is 75.6 cm³/mol. The van der Waals surface area contributed by atoms with Crippen LogP contribution >= 0.6 is 43.2 Å². The summed E-state index contributed by atoms with van der Waals surface area (Å²) >= 11 is 8.57. The summed E-state index contributed by atoms with van der Waals surface area (Å²) in [5.74, 6) is 0. The first-order chi connectivity index (χ1) is 7.58. The summed E-state index contributed by atoms with van der Waals surface area (Å²) in [7, 11) is 0. The maximum absolute atomic E-state index is 5.81. The number of hydrogen-bond acceptors (Lipinski definition) is 3. The Bertz CT molecular complexity index is 508. The molecule has 1 atom stereocenters. The van der Waals surface area contributed by atoms with Gasteiger partial charge in [-0.1, -0.05) is 6.07 Å². The van der Waals surface area contributed by atoms with Crippen molar-refractivity contribution in [3.8, 4) is 10.6 Å². The van der Waals surface area contributed by atoms with Crippen LogP contribution < -0.4 is 5.73 Å². The van der Waals surface area contributed by atoms with Crippen LogP contribution in [-0.4, -0.2) is 4.98 Å². The molecule has 0 amide bonds. The van der Waals surface area contributed by atoms with Crippen LogP contribution in [0.3, 0.4) is 0 Å². The lowest BCUT2D eigenvalue weighted by Crippen LogP contribution is -2.01. The molecule has 0 aliphatic carbocycles. The molecule has 1 heterocycles. The fraction of sp³-hybridized carbons (Fsp3) is 0.182. The van der Waals surface area contributed by atoms with Crippen molar-refractivity contribution >= 4 is 43.2 Å². The molecule has 1 unspecified atom stereocenters. The lowest BCUT2D eigenvalue weighted by Gasteiger charge is -2.00. The van der Waals surface area contributed by atoms with Crippen molar-refractivity contribution in [1.82, 2.24) is 4.98 Å². The molecule has 5 heteroatoms. The highest BCUT2D eigenvalue weighted by Gasteiger charge is 2.08. The van der Waals surface area contributed by atoms with E-state index >= 15 is 0 Å². The molecule has 16 heavy (non-hydrogen) atoms. The molecule has 84 valence electrons. The number of nitrogens with zero attached hydrogens (tertiary/aromatic N) is 1. The van der Waals surface area contributed by atoms with E-state index in [0.717, 1.165) is 24.4 Å². The molecule has 1 aromatic carbocycles. The number of aromatic nitrogens is 1. The van der Waals surface area contributed by atoms with E-state index in [2.05, 4.69) is 36.8 Å². The number of benzene rings is 1. The summed E-state index contributed by atoms with van der Waals surface area (Å²) in [5, 5.41) is 1.00. The average molecular weight is 362 g/mol. The first kappa shape index (κ1) is 12.2. The number of thiazole rings is 1. The highest BCUT2D eigenvalue weighted by atomic mass is 79.9. The minimum atomic E-state index is 0.0464. The average Bonchev–Trinajstić information content (AvgIpc) is 2.71. The predicted octanol–water partition coefficient (Wildman–Crippen LogP) is 4.35. The Balaban J connectivity index is 2.39. The van der Waals surface area contributed by atoms with Crippen molar-refractivity contribution in [3.05, 3.63) is 38.2 Å². The van der Waals surface area contributed by atoms with Crippen LogP contribution in [-0.2, 0) is 0 Å². The Hall–Kier alpha value is -0.230. The van der Waals surface area contributed by atoms with Gasteiger partial charge in [0.15, 0.2) is 0 Å². The topological polar surface area (TPSA) is 38.9 Å². The highest BCUT2D eigenvalue weighted by molar-refractivity contribution is 9.13. The third kappa shape index (κ3) is 2.53. The van der Waals surface area contributed by atoms with Gasteiger partial charge in [0.05, 0.1) is 0 Å². The standard InChI is InChI=1S/C11H10Br2N2S/c1-6(14)10-5-15-11(16-10)7-2-3-8(12)9(13)4-7/h2-6H,14H2,1H3. The van der Waals surface area contributed by atoms with Crippen LogP contribution in [0.2, 0.25) is 0 Å². The van der Waals surface area contributed by atoms with E-state index in [4.69, 9.17) is 5.73 Å². The second-order valence-electron chi connectivity index (χ2n) is 3.49. The Morgan fingerprint density at radius 1 is 1.31 bits per heavy atom. The lowest BCUT2D eigenvalue weighted by atomic mass is 10.2. The highest BCUT2D eigenvalue weighted by Crippen LogP contribution is 2.32. The van der Waals surface area contributed by atoms with Gasteiger partial charge in [0.25, 0.3) is 0 Å². The second-order valence-corrected chi connectivity index (χ2v) is 6.26. The second kappa shape index (κ2) is 4.96. The molecule has 0 saturated heterocycles. The third-order valence-corrected chi connectivity index (χ3v) is 5.27. The number of nitrogens with two attached hydrogens (primary N) is 1. The van der Waals surface area contributed by atoms with Gasteiger partial charge in [-0.2, -0.15) is 0 Å². The summed E-state index contributed by atoms with van der Waals surface area (Å²) in [6, 6.07) is 6.14. The number of halogens is 2. The van der Waals surface area contributed by atoms with Gasteiger partial charge in [-0.25, -0.2) is 4.98 Å². The molecular formula is C11H10Br2N2S. The van der Waals surface area contributed by atoms with Crippen molar-refractivity contribution in [2.24, 2.45) is 5.73 Å². The molecule has 0 fully saturated rings. The SMILES string of the molecule is CC(N)c1cnc(-c2ccc(Br)c(Br)c2)s1. The molecule has 2 nitrogen and oxygen atoms in total. The van der Waals surface area contributed by atoms with Gasteiger partial charge in [-0.3, -0.25) is 0 Å². The molecule has 2 rings (SSSR count). The molecule has 2 aromatic rings. The smallest absolute Gasteiger partial charge is 0.123 e. The summed E-state index contributed by atoms with van der Waals surface area (Å²) in [5.41, 5.74) is 6.92. The first-order valence-electron chi connectivity index (χ1n) is 4.74. The van der Waals surface area contributed by atoms with Crippen LogP contribution in [0.1, 0.15) is 17.8 Å². The quantitative estimate of drug-likeness (QED) is 0.863. The van der Waals surface area contributed by atoms with Gasteiger partial charge in [0.1, 0.15) is 5.01 Å². The van der Waals surface area contributed by atoms with Crippen LogP contribution in [0.15, 0.2) is 33.3 Å². The Morgan fingerprint density at radius 2 is 2.06 bits per heavy atom. The third-order valence-electron chi connectivity index (χ3n) is 2.14. The molecule has 0 aliphatic rings. The van der Waals surface area contributed by atoms with Crippen LogP contribution in [0.4, 0.5) is 0 Å². The van der Waals surface area contributed by atoms with Crippen LogP contribution in [0.5, 0.6) is 0 Å². The van der Waals surface area contributed by atoms with E-state index in [1.807, 2.05) is 31.3 Å². The fourth-order valence-electron chi connectivity index (χ4n) is 1.26. The van der Waals surface area contributed by atoms with E-state index in [9.17, 15) is 0 Å². The van der Waals surface area contributed by atoms with Crippen molar-refractivity contribution in [1.29, 1.82) is 0 Å². The molecule has 1 aromatic heterocycles. The Labute approximate surface area is 115 Å². The molecule has 0 aliphatic heterocycles. The minimum Gasteiger partial charge on any atom is -0.323 e. The van der Waals surface area contributed by atoms with E-state index in [0.29, 0.717) is 0 Å². The number of hydrogen-bond donors (Lipinski definition) is 1. The fourth-order valence-corrected chi connectivity index (χ4v) is 2.75. The summed E-state index contributed by atoms with van der Waals surface area (Å²) < 4.78 is 2.07. The summed E-state index contributed by atoms with van der Waals surface area (Å²) in [6.45, 7) is 1.97.